The zero-order chi connectivity index (χ0) is 60.8. The number of pyridine rings is 4. The molecule has 0 atom stereocenters. The molecule has 7 N–H and O–H groups in total. The Bertz CT molecular complexity index is 4390. The van der Waals surface area contributed by atoms with Crippen LogP contribution in [-0.2, 0) is 22.6 Å². The van der Waals surface area contributed by atoms with Crippen molar-refractivity contribution in [1.29, 1.82) is 0 Å². The van der Waals surface area contributed by atoms with Gasteiger partial charge in [-0.2, -0.15) is 8.78 Å². The number of anilines is 2. The monoisotopic (exact) mass is 1180 g/mol. The van der Waals surface area contributed by atoms with E-state index in [1.54, 1.807) is 60.8 Å². The van der Waals surface area contributed by atoms with Crippen LogP contribution in [0.25, 0.3) is 78.6 Å². The zero-order valence-electron chi connectivity index (χ0n) is 46.0. The first-order valence-electron chi connectivity index (χ1n) is 26.9. The van der Waals surface area contributed by atoms with Crippen molar-refractivity contribution < 1.29 is 50.6 Å². The normalized spacial score (nSPS) is 11.0. The minimum atomic E-state index is -0.980. The predicted octanol–water partition coefficient (Wildman–Crippen LogP) is 16.5. The van der Waals surface area contributed by atoms with E-state index in [4.69, 9.17) is 40.6 Å². The van der Waals surface area contributed by atoms with E-state index >= 15 is 0 Å². The lowest BCUT2D eigenvalue weighted by molar-refractivity contribution is -0.131. The molecule has 12 aromatic rings. The first-order valence-corrected chi connectivity index (χ1v) is 26.9. The number of carboxylic acid groups (broad SMARTS) is 1. The van der Waals surface area contributed by atoms with Gasteiger partial charge in [-0.05, 0) is 196 Å². The van der Waals surface area contributed by atoms with Crippen LogP contribution in [0, 0.1) is 23.5 Å². The number of nitrogen functional groups attached to an aromatic ring is 2. The molecule has 0 aliphatic rings. The molecule has 0 fully saturated rings. The number of hydrogen-bond donors (Lipinski definition) is 4. The van der Waals surface area contributed by atoms with Crippen LogP contribution in [0.2, 0.25) is 0 Å². The number of aromatic nitrogens is 4. The highest BCUT2D eigenvalue weighted by Gasteiger charge is 2.17. The van der Waals surface area contributed by atoms with Gasteiger partial charge in [-0.25, -0.2) is 33.5 Å². The van der Waals surface area contributed by atoms with Crippen LogP contribution in [0.3, 0.4) is 0 Å². The quantitative estimate of drug-likeness (QED) is 0.0401. The van der Waals surface area contributed by atoms with Crippen molar-refractivity contribution in [3.63, 3.8) is 0 Å². The third kappa shape index (κ3) is 16.2. The number of fused-ring (bicyclic) bond motifs is 2. The Hall–Kier alpha value is -11.5. The molecule has 440 valence electrons. The summed E-state index contributed by atoms with van der Waals surface area (Å²) in [5.74, 6) is 1.46. The number of allylic oxidation sites excluding steroid dienone is 1. The number of furan rings is 2. The Kier molecular flexibility index (Phi) is 19.7. The fourth-order valence-corrected chi connectivity index (χ4v) is 8.92. The third-order valence-corrected chi connectivity index (χ3v) is 13.2. The number of nitrogens with zero attached hydrogens (tertiary/aromatic N) is 4. The van der Waals surface area contributed by atoms with E-state index in [0.29, 0.717) is 69.3 Å². The largest absolute Gasteiger partial charge is 0.478 e. The summed E-state index contributed by atoms with van der Waals surface area (Å²) < 4.78 is 77.0. The van der Waals surface area contributed by atoms with Crippen LogP contribution in [-0.4, -0.2) is 36.8 Å². The van der Waals surface area contributed by atoms with E-state index < -0.39 is 17.9 Å². The van der Waals surface area contributed by atoms with Crippen LogP contribution in [0.15, 0.2) is 228 Å². The number of rotatable bonds is 16. The zero-order valence-corrected chi connectivity index (χ0v) is 46.0. The van der Waals surface area contributed by atoms with Crippen molar-refractivity contribution in [2.24, 2.45) is 5.73 Å². The van der Waals surface area contributed by atoms with Crippen molar-refractivity contribution in [3.05, 3.63) is 265 Å². The maximum absolute atomic E-state index is 13.7. The van der Waals surface area contributed by atoms with Crippen molar-refractivity contribution in [2.45, 2.75) is 26.8 Å². The molecule has 0 aliphatic carbocycles. The second-order valence-corrected chi connectivity index (χ2v) is 19.4. The summed E-state index contributed by atoms with van der Waals surface area (Å²) in [5, 5.41) is 10.1. The molecular formula is C70H55F4N7O7. The lowest BCUT2D eigenvalue weighted by atomic mass is 9.96. The Morgan fingerprint density at radius 3 is 1.30 bits per heavy atom. The Balaban J connectivity index is 0.000000179. The molecule has 6 aromatic heterocycles. The van der Waals surface area contributed by atoms with Gasteiger partial charge in [0.15, 0.2) is 5.78 Å². The molecule has 0 aliphatic heterocycles. The van der Waals surface area contributed by atoms with Crippen LogP contribution in [0.4, 0.5) is 29.2 Å². The third-order valence-electron chi connectivity index (χ3n) is 13.2. The van der Waals surface area contributed by atoms with E-state index in [1.807, 2.05) is 84.9 Å². The highest BCUT2D eigenvalue weighted by molar-refractivity contribution is 5.99. The maximum atomic E-state index is 13.7. The SMILES string of the molecule is C.NCc1cc2cc(-c3ccc(Oc4ccc(F)nc4)cc3)cc(-c3ccc(F)cc3)c2o1.Nc1ccc(/C=C/C(=O)CCc2cc3cc(-c4ccc(Oc5ccc(F)nc5)cc4)cc(-c4ccc(F)cc4)c3o2)cn1.Nc1ccc(/C=C/C(=O)O)cn1. The van der Waals surface area contributed by atoms with Gasteiger partial charge in [0.1, 0.15) is 69.0 Å². The van der Waals surface area contributed by atoms with Crippen LogP contribution in [0.1, 0.15) is 36.5 Å². The Morgan fingerprint density at radius 1 is 0.466 bits per heavy atom. The Labute approximate surface area is 502 Å². The van der Waals surface area contributed by atoms with Crippen LogP contribution in [0.5, 0.6) is 23.0 Å². The van der Waals surface area contributed by atoms with Crippen molar-refractivity contribution in [1.82, 2.24) is 19.9 Å². The van der Waals surface area contributed by atoms with Crippen LogP contribution >= 0.6 is 0 Å². The standard InChI is InChI=1S/C35H25F2N3O3.C26H18F2N2O2.C8H8N2O2.CH4/c36-27-7-3-24(4-8-27)32-19-25(23-5-11-29(12-6-23)42-31-14-15-33(37)39-21-31)17-26-18-30(43-35(26)32)13-10-28(41)9-1-22-2-16-34(38)40-20-22;27-20-5-1-17(2-6-20)24-13-18(11-19-12-23(14-29)32-26(19)24)16-3-7-21(8-4-16)31-22-9-10-25(28)30-15-22;9-7-3-1-6(5-10-7)2-4-8(11)12;/h1-9,11-12,14-21H,10,13H2,(H2,38,40);1-13,15H,14,29H2;1-5H,(H2,9,10)(H,11,12);1H4/b9-1+;;4-2+;. The molecule has 0 radical (unpaired) electrons. The van der Waals surface area contributed by atoms with Gasteiger partial charge in [-0.3, -0.25) is 4.79 Å². The number of aliphatic carboxylic acids is 1. The lowest BCUT2D eigenvalue weighted by Crippen LogP contribution is -1.95. The molecule has 12 rings (SSSR count). The molecule has 6 aromatic carbocycles. The van der Waals surface area contributed by atoms with E-state index in [2.05, 4.69) is 19.9 Å². The maximum Gasteiger partial charge on any atom is 0.328 e. The average molecular weight is 1180 g/mol. The smallest absolute Gasteiger partial charge is 0.328 e. The van der Waals surface area contributed by atoms with Crippen LogP contribution < -0.4 is 26.7 Å². The number of carboxylic acids is 1. The van der Waals surface area contributed by atoms with Crippen molar-refractivity contribution in [2.75, 3.05) is 11.5 Å². The number of ether oxygens (including phenoxy) is 2. The molecule has 0 amide bonds. The summed E-state index contributed by atoms with van der Waals surface area (Å²) in [5.41, 5.74) is 26.7. The molecule has 6 heterocycles. The molecule has 0 bridgehead atoms. The lowest BCUT2D eigenvalue weighted by Gasteiger charge is -2.09. The van der Waals surface area contributed by atoms with Gasteiger partial charge in [0.05, 0.1) is 18.9 Å². The topological polar surface area (TPSA) is 229 Å². The first-order chi connectivity index (χ1) is 42.2. The second kappa shape index (κ2) is 28.4. The highest BCUT2D eigenvalue weighted by Crippen LogP contribution is 2.39. The molecule has 88 heavy (non-hydrogen) atoms. The molecule has 0 unspecified atom stereocenters. The summed E-state index contributed by atoms with van der Waals surface area (Å²) in [6.07, 6.45) is 12.2. The van der Waals surface area contributed by atoms with Gasteiger partial charge in [0, 0.05) is 53.2 Å². The van der Waals surface area contributed by atoms with Gasteiger partial charge in [0.2, 0.25) is 11.9 Å². The van der Waals surface area contributed by atoms with Gasteiger partial charge >= 0.3 is 5.97 Å². The second-order valence-electron chi connectivity index (χ2n) is 19.4. The van der Waals surface area contributed by atoms with Gasteiger partial charge < -0.3 is 40.6 Å². The van der Waals surface area contributed by atoms with Crippen molar-refractivity contribution in [3.8, 4) is 67.5 Å². The van der Waals surface area contributed by atoms with Gasteiger partial charge in [-0.15, -0.1) is 0 Å². The van der Waals surface area contributed by atoms with E-state index in [0.717, 1.165) is 66.9 Å². The van der Waals surface area contributed by atoms with Crippen molar-refractivity contribution >= 4 is 57.5 Å². The summed E-state index contributed by atoms with van der Waals surface area (Å²) >= 11 is 0. The average Bonchev–Trinajstić information content (AvgIpc) is 2.11. The molecular weight excluding hydrogens is 1130 g/mol. The first kappa shape index (κ1) is 61.1. The molecule has 0 saturated heterocycles. The number of carbonyl (C=O) groups is 2. The molecule has 14 nitrogen and oxygen atoms in total. The van der Waals surface area contributed by atoms with E-state index in [1.165, 1.54) is 79.3 Å². The van der Waals surface area contributed by atoms with Gasteiger partial charge in [-0.1, -0.05) is 56.0 Å². The number of aryl methyl sites for hydroxylation is 1. The number of nitrogens with two attached hydrogens (primary N) is 3. The number of benzene rings is 6. The predicted molar refractivity (Wildman–Crippen MR) is 334 cm³/mol. The molecule has 0 spiro atoms. The minimum Gasteiger partial charge on any atom is -0.478 e. The summed E-state index contributed by atoms with van der Waals surface area (Å²) in [6, 6.07) is 51.8. The fourth-order valence-electron chi connectivity index (χ4n) is 8.92. The van der Waals surface area contributed by atoms with E-state index in [-0.39, 0.29) is 37.8 Å². The highest BCUT2D eigenvalue weighted by atomic mass is 19.1. The summed E-state index contributed by atoms with van der Waals surface area (Å²) in [7, 11) is 0. The fraction of sp³-hybridized carbons (Fsp3) is 0.0571. The number of ketones is 1. The number of hydrogen-bond acceptors (Lipinski definition) is 13. The van der Waals surface area contributed by atoms with E-state index in [9.17, 15) is 27.2 Å². The summed E-state index contributed by atoms with van der Waals surface area (Å²) in [4.78, 5) is 37.7. The minimum absolute atomic E-state index is 0. The summed E-state index contributed by atoms with van der Waals surface area (Å²) in [6.45, 7) is 0.289. The number of halogens is 4. The molecule has 0 saturated carbocycles. The molecule has 18 heteroatoms. The number of carbonyl (C=O) groups excluding carboxylic acids is 1. The Morgan fingerprint density at radius 2 is 0.886 bits per heavy atom. The van der Waals surface area contributed by atoms with Gasteiger partial charge in [0.25, 0.3) is 0 Å².